The second-order valence-corrected chi connectivity index (χ2v) is 7.27. The van der Waals surface area contributed by atoms with Crippen molar-refractivity contribution in [2.45, 2.75) is 48.9 Å². The number of halogens is 1. The molecule has 0 aromatic heterocycles. The average molecular weight is 308 g/mol. The van der Waals surface area contributed by atoms with Crippen LogP contribution in [-0.2, 0) is 10.2 Å². The summed E-state index contributed by atoms with van der Waals surface area (Å²) >= 11 is 3.72. The Kier molecular flexibility index (Phi) is 2.77. The molecule has 1 amide bonds. The monoisotopic (exact) mass is 307 g/mol. The van der Waals surface area contributed by atoms with E-state index >= 15 is 0 Å². The van der Waals surface area contributed by atoms with Crippen LogP contribution in [0.2, 0.25) is 0 Å². The number of carbonyl (C=O) groups is 1. The van der Waals surface area contributed by atoms with Gasteiger partial charge in [-0.1, -0.05) is 54.0 Å². The summed E-state index contributed by atoms with van der Waals surface area (Å²) in [5.74, 6) is 0.584. The van der Waals surface area contributed by atoms with E-state index in [1.165, 1.54) is 11.1 Å². The summed E-state index contributed by atoms with van der Waals surface area (Å²) < 4.78 is 0. The standard InChI is InChI=1S/C15H18BrNO/c1-15(2)8-12-14(11(16)7-13(18)17-12)9-5-3-4-6-10(9)15/h3-6,11-12,14H,7-8H2,1-2H3,(H,17,18). The smallest absolute Gasteiger partial charge is 0.221 e. The number of nitrogens with one attached hydrogen (secondary N) is 1. The molecule has 1 N–H and O–H groups in total. The second-order valence-electron chi connectivity index (χ2n) is 6.10. The Hall–Kier alpha value is -0.830. The molecule has 1 aromatic carbocycles. The van der Waals surface area contributed by atoms with Gasteiger partial charge in [0.2, 0.25) is 5.91 Å². The maximum atomic E-state index is 11.7. The lowest BCUT2D eigenvalue weighted by molar-refractivity contribution is -0.123. The normalized spacial score (nSPS) is 33.3. The highest BCUT2D eigenvalue weighted by Gasteiger charge is 2.45. The fourth-order valence-electron chi connectivity index (χ4n) is 3.56. The van der Waals surface area contributed by atoms with Gasteiger partial charge in [0.25, 0.3) is 0 Å². The number of alkyl halides is 1. The number of amides is 1. The number of hydrogen-bond donors (Lipinski definition) is 1. The summed E-state index contributed by atoms with van der Waals surface area (Å²) in [5.41, 5.74) is 2.97. The van der Waals surface area contributed by atoms with Gasteiger partial charge < -0.3 is 5.32 Å². The molecule has 1 aliphatic carbocycles. The molecule has 3 rings (SSSR count). The molecular formula is C15H18BrNO. The van der Waals surface area contributed by atoms with Crippen LogP contribution in [0.5, 0.6) is 0 Å². The van der Waals surface area contributed by atoms with Crippen LogP contribution in [0, 0.1) is 0 Å². The maximum absolute atomic E-state index is 11.7. The Balaban J connectivity index is 2.11. The van der Waals surface area contributed by atoms with Crippen molar-refractivity contribution in [3.8, 4) is 0 Å². The Labute approximate surface area is 116 Å². The van der Waals surface area contributed by atoms with Gasteiger partial charge in [0.15, 0.2) is 0 Å². The third-order valence-electron chi connectivity index (χ3n) is 4.33. The molecule has 2 nitrogen and oxygen atoms in total. The molecule has 0 spiro atoms. The zero-order valence-corrected chi connectivity index (χ0v) is 12.3. The number of piperidine rings is 1. The van der Waals surface area contributed by atoms with E-state index in [0.717, 1.165) is 6.42 Å². The molecule has 1 fully saturated rings. The first kappa shape index (κ1) is 12.2. The van der Waals surface area contributed by atoms with Crippen LogP contribution in [0.1, 0.15) is 43.7 Å². The van der Waals surface area contributed by atoms with Crippen LogP contribution in [0.15, 0.2) is 24.3 Å². The van der Waals surface area contributed by atoms with Crippen LogP contribution in [0.4, 0.5) is 0 Å². The number of benzene rings is 1. The molecule has 2 aliphatic rings. The van der Waals surface area contributed by atoms with Crippen LogP contribution < -0.4 is 5.32 Å². The van der Waals surface area contributed by atoms with Crippen molar-refractivity contribution in [3.63, 3.8) is 0 Å². The average Bonchev–Trinajstić information content (AvgIpc) is 2.27. The predicted molar refractivity (Wildman–Crippen MR) is 76.1 cm³/mol. The van der Waals surface area contributed by atoms with Gasteiger partial charge in [-0.3, -0.25) is 4.79 Å². The highest BCUT2D eigenvalue weighted by molar-refractivity contribution is 9.09. The highest BCUT2D eigenvalue weighted by atomic mass is 79.9. The summed E-state index contributed by atoms with van der Waals surface area (Å²) in [4.78, 5) is 12.0. The van der Waals surface area contributed by atoms with Gasteiger partial charge in [-0.05, 0) is 23.0 Å². The van der Waals surface area contributed by atoms with Gasteiger partial charge in [0, 0.05) is 23.2 Å². The van der Waals surface area contributed by atoms with Crippen molar-refractivity contribution < 1.29 is 4.79 Å². The molecule has 18 heavy (non-hydrogen) atoms. The van der Waals surface area contributed by atoms with E-state index < -0.39 is 0 Å². The molecule has 0 bridgehead atoms. The minimum Gasteiger partial charge on any atom is -0.353 e. The lowest BCUT2D eigenvalue weighted by atomic mass is 9.64. The first-order chi connectivity index (χ1) is 8.49. The molecule has 3 unspecified atom stereocenters. The number of rotatable bonds is 0. The van der Waals surface area contributed by atoms with Gasteiger partial charge >= 0.3 is 0 Å². The van der Waals surface area contributed by atoms with Gasteiger partial charge in [-0.15, -0.1) is 0 Å². The van der Waals surface area contributed by atoms with E-state index in [9.17, 15) is 4.79 Å². The zero-order valence-electron chi connectivity index (χ0n) is 10.7. The molecular weight excluding hydrogens is 290 g/mol. The Morgan fingerprint density at radius 1 is 1.33 bits per heavy atom. The van der Waals surface area contributed by atoms with Gasteiger partial charge in [-0.2, -0.15) is 0 Å². The summed E-state index contributed by atoms with van der Waals surface area (Å²) in [6, 6.07) is 8.95. The molecule has 0 radical (unpaired) electrons. The van der Waals surface area contributed by atoms with E-state index in [2.05, 4.69) is 59.4 Å². The van der Waals surface area contributed by atoms with E-state index in [1.807, 2.05) is 0 Å². The SMILES string of the molecule is CC1(C)CC2NC(=O)CC(Br)C2c2ccccc21. The Bertz CT molecular complexity index is 497. The van der Waals surface area contributed by atoms with Crippen LogP contribution in [0.3, 0.4) is 0 Å². The summed E-state index contributed by atoms with van der Waals surface area (Å²) in [7, 11) is 0. The maximum Gasteiger partial charge on any atom is 0.221 e. The number of hydrogen-bond acceptors (Lipinski definition) is 1. The first-order valence-corrected chi connectivity index (χ1v) is 7.43. The molecule has 0 saturated carbocycles. The molecule has 1 aromatic rings. The third kappa shape index (κ3) is 1.80. The first-order valence-electron chi connectivity index (χ1n) is 6.52. The molecule has 1 saturated heterocycles. The van der Waals surface area contributed by atoms with Crippen LogP contribution in [-0.4, -0.2) is 16.8 Å². The van der Waals surface area contributed by atoms with E-state index in [0.29, 0.717) is 12.3 Å². The zero-order chi connectivity index (χ0) is 12.9. The third-order valence-corrected chi connectivity index (χ3v) is 5.22. The minimum absolute atomic E-state index is 0.134. The molecule has 3 atom stereocenters. The van der Waals surface area contributed by atoms with Crippen molar-refractivity contribution in [2.75, 3.05) is 0 Å². The fraction of sp³-hybridized carbons (Fsp3) is 0.533. The number of fused-ring (bicyclic) bond motifs is 3. The molecule has 3 heteroatoms. The predicted octanol–water partition coefficient (Wildman–Crippen LogP) is 3.10. The minimum atomic E-state index is 0.134. The van der Waals surface area contributed by atoms with Gasteiger partial charge in [0.1, 0.15) is 0 Å². The topological polar surface area (TPSA) is 29.1 Å². The lowest BCUT2D eigenvalue weighted by Crippen LogP contribution is -2.53. The van der Waals surface area contributed by atoms with Crippen molar-refractivity contribution in [1.82, 2.24) is 5.32 Å². The van der Waals surface area contributed by atoms with Crippen LogP contribution >= 0.6 is 15.9 Å². The summed E-state index contributed by atoms with van der Waals surface area (Å²) in [5, 5.41) is 3.18. The van der Waals surface area contributed by atoms with Crippen molar-refractivity contribution in [3.05, 3.63) is 35.4 Å². The summed E-state index contributed by atoms with van der Waals surface area (Å²) in [6.07, 6.45) is 1.60. The largest absolute Gasteiger partial charge is 0.353 e. The van der Waals surface area contributed by atoms with Crippen molar-refractivity contribution in [2.24, 2.45) is 0 Å². The molecule has 96 valence electrons. The van der Waals surface area contributed by atoms with Gasteiger partial charge in [0.05, 0.1) is 0 Å². The second kappa shape index (κ2) is 4.09. The van der Waals surface area contributed by atoms with Crippen LogP contribution in [0.25, 0.3) is 0 Å². The Morgan fingerprint density at radius 2 is 2.06 bits per heavy atom. The summed E-state index contributed by atoms with van der Waals surface area (Å²) in [6.45, 7) is 4.54. The number of carbonyl (C=O) groups excluding carboxylic acids is 1. The lowest BCUT2D eigenvalue weighted by Gasteiger charge is -2.46. The van der Waals surface area contributed by atoms with Crippen molar-refractivity contribution in [1.29, 1.82) is 0 Å². The quantitative estimate of drug-likeness (QED) is 0.733. The van der Waals surface area contributed by atoms with E-state index in [1.54, 1.807) is 0 Å². The molecule has 1 aliphatic heterocycles. The molecule has 1 heterocycles. The van der Waals surface area contributed by atoms with Crippen molar-refractivity contribution >= 4 is 21.8 Å². The Morgan fingerprint density at radius 3 is 2.83 bits per heavy atom. The van der Waals surface area contributed by atoms with E-state index in [4.69, 9.17) is 0 Å². The van der Waals surface area contributed by atoms with E-state index in [-0.39, 0.29) is 22.2 Å². The fourth-order valence-corrected chi connectivity index (χ4v) is 4.51. The highest BCUT2D eigenvalue weighted by Crippen LogP contribution is 2.47. The van der Waals surface area contributed by atoms with Gasteiger partial charge in [-0.25, -0.2) is 0 Å².